The molecule has 0 aromatic heterocycles. The molecule has 0 saturated heterocycles. The largest absolute Gasteiger partial charge is 0.307 e. The van der Waals surface area contributed by atoms with Crippen molar-refractivity contribution in [2.24, 2.45) is 0 Å². The maximum absolute atomic E-state index is 3.67. The highest BCUT2D eigenvalue weighted by molar-refractivity contribution is 5.45. The number of benzene rings is 2. The van der Waals surface area contributed by atoms with Crippen molar-refractivity contribution >= 4 is 0 Å². The number of aryl methyl sites for hydroxylation is 5. The van der Waals surface area contributed by atoms with Crippen LogP contribution in [0, 0.1) is 34.6 Å². The van der Waals surface area contributed by atoms with Gasteiger partial charge >= 0.3 is 0 Å². The lowest BCUT2D eigenvalue weighted by Gasteiger charge is -2.24. The van der Waals surface area contributed by atoms with Crippen LogP contribution in [0.15, 0.2) is 30.3 Å². The smallest absolute Gasteiger partial charge is 0.0582 e. The molecule has 1 N–H and O–H groups in total. The molecule has 1 heteroatoms. The van der Waals surface area contributed by atoms with Crippen LogP contribution in [-0.4, -0.2) is 6.54 Å². The molecule has 0 fully saturated rings. The first kappa shape index (κ1) is 15.8. The van der Waals surface area contributed by atoms with Crippen LogP contribution in [0.4, 0.5) is 0 Å². The van der Waals surface area contributed by atoms with Gasteiger partial charge in [0, 0.05) is 0 Å². The van der Waals surface area contributed by atoms with E-state index in [0.717, 1.165) is 6.54 Å². The predicted octanol–water partition coefficient (Wildman–Crippen LogP) is 4.93. The average molecular weight is 281 g/mol. The van der Waals surface area contributed by atoms with E-state index < -0.39 is 0 Å². The Bertz CT molecular complexity index is 641. The minimum atomic E-state index is 0.272. The summed E-state index contributed by atoms with van der Waals surface area (Å²) in [5, 5.41) is 3.67. The molecule has 0 heterocycles. The van der Waals surface area contributed by atoms with E-state index in [1.54, 1.807) is 0 Å². The Hall–Kier alpha value is -1.60. The number of nitrogens with one attached hydrogen (secondary N) is 1. The third-order valence-corrected chi connectivity index (χ3v) is 4.35. The molecule has 0 bridgehead atoms. The Balaban J connectivity index is 2.58. The van der Waals surface area contributed by atoms with Gasteiger partial charge in [-0.15, -0.1) is 0 Å². The zero-order valence-electron chi connectivity index (χ0n) is 14.2. The summed E-state index contributed by atoms with van der Waals surface area (Å²) >= 11 is 0. The second kappa shape index (κ2) is 6.44. The predicted molar refractivity (Wildman–Crippen MR) is 92.1 cm³/mol. The van der Waals surface area contributed by atoms with Gasteiger partial charge in [-0.25, -0.2) is 0 Å². The van der Waals surface area contributed by atoms with Gasteiger partial charge in [0.25, 0.3) is 0 Å². The van der Waals surface area contributed by atoms with Crippen LogP contribution in [0.2, 0.25) is 0 Å². The van der Waals surface area contributed by atoms with Crippen LogP contribution in [-0.2, 0) is 0 Å². The lowest BCUT2D eigenvalue weighted by molar-refractivity contribution is 0.624. The van der Waals surface area contributed by atoms with Crippen LogP contribution < -0.4 is 5.32 Å². The molecule has 0 saturated carbocycles. The van der Waals surface area contributed by atoms with Crippen molar-refractivity contribution < 1.29 is 0 Å². The highest BCUT2D eigenvalue weighted by Gasteiger charge is 2.18. The summed E-state index contributed by atoms with van der Waals surface area (Å²) < 4.78 is 0. The number of rotatable bonds is 4. The standard InChI is InChI=1S/C20H27N/c1-7-21-20(18-10-13(2)8-9-14(18)3)19-12-16(5)15(4)11-17(19)6/h8-12,20-21H,7H2,1-6H3. The van der Waals surface area contributed by atoms with E-state index in [1.807, 2.05) is 0 Å². The zero-order valence-corrected chi connectivity index (χ0v) is 14.2. The Morgan fingerprint density at radius 1 is 0.762 bits per heavy atom. The molecule has 2 rings (SSSR count). The minimum absolute atomic E-state index is 0.272. The van der Waals surface area contributed by atoms with Gasteiger partial charge in [0.05, 0.1) is 6.04 Å². The van der Waals surface area contributed by atoms with Crippen LogP contribution in [0.3, 0.4) is 0 Å². The molecule has 1 nitrogen and oxygen atoms in total. The van der Waals surface area contributed by atoms with Gasteiger partial charge in [-0.3, -0.25) is 0 Å². The molecule has 0 radical (unpaired) electrons. The van der Waals surface area contributed by atoms with E-state index in [4.69, 9.17) is 0 Å². The Morgan fingerprint density at radius 2 is 1.38 bits per heavy atom. The molecule has 0 aliphatic carbocycles. The van der Waals surface area contributed by atoms with Gasteiger partial charge in [-0.1, -0.05) is 42.8 Å². The van der Waals surface area contributed by atoms with Crippen molar-refractivity contribution in [3.05, 3.63) is 69.3 Å². The topological polar surface area (TPSA) is 12.0 Å². The maximum atomic E-state index is 3.67. The van der Waals surface area contributed by atoms with Gasteiger partial charge in [-0.05, 0) is 74.5 Å². The molecule has 21 heavy (non-hydrogen) atoms. The Morgan fingerprint density at radius 3 is 2.05 bits per heavy atom. The quantitative estimate of drug-likeness (QED) is 0.838. The van der Waals surface area contributed by atoms with Crippen LogP contribution in [0.25, 0.3) is 0 Å². The van der Waals surface area contributed by atoms with Crippen molar-refractivity contribution in [1.82, 2.24) is 5.32 Å². The summed E-state index contributed by atoms with van der Waals surface area (Å²) in [5.41, 5.74) is 9.56. The molecular weight excluding hydrogens is 254 g/mol. The molecule has 112 valence electrons. The molecule has 0 aliphatic heterocycles. The molecule has 0 amide bonds. The Labute approximate surface area is 129 Å². The van der Waals surface area contributed by atoms with Crippen LogP contribution in [0.5, 0.6) is 0 Å². The van der Waals surface area contributed by atoms with E-state index in [9.17, 15) is 0 Å². The first-order valence-corrected chi connectivity index (χ1v) is 7.82. The molecule has 2 aromatic rings. The van der Waals surface area contributed by atoms with Gasteiger partial charge in [-0.2, -0.15) is 0 Å². The lowest BCUT2D eigenvalue weighted by atomic mass is 9.89. The van der Waals surface area contributed by atoms with Crippen molar-refractivity contribution in [2.75, 3.05) is 6.54 Å². The summed E-state index contributed by atoms with van der Waals surface area (Å²) in [6.07, 6.45) is 0. The molecule has 1 atom stereocenters. The van der Waals surface area contributed by atoms with E-state index in [1.165, 1.54) is 38.9 Å². The van der Waals surface area contributed by atoms with Crippen LogP contribution in [0.1, 0.15) is 51.9 Å². The summed E-state index contributed by atoms with van der Waals surface area (Å²) in [5.74, 6) is 0. The van der Waals surface area contributed by atoms with Gasteiger partial charge < -0.3 is 5.32 Å². The number of hydrogen-bond donors (Lipinski definition) is 1. The van der Waals surface area contributed by atoms with Gasteiger partial charge in [0.15, 0.2) is 0 Å². The van der Waals surface area contributed by atoms with Crippen molar-refractivity contribution in [1.29, 1.82) is 0 Å². The van der Waals surface area contributed by atoms with E-state index in [0.29, 0.717) is 0 Å². The van der Waals surface area contributed by atoms with Crippen molar-refractivity contribution in [3.8, 4) is 0 Å². The third-order valence-electron chi connectivity index (χ3n) is 4.35. The summed E-state index contributed by atoms with van der Waals surface area (Å²) in [6.45, 7) is 14.1. The second-order valence-electron chi connectivity index (χ2n) is 6.14. The molecule has 2 aromatic carbocycles. The van der Waals surface area contributed by atoms with Crippen molar-refractivity contribution in [3.63, 3.8) is 0 Å². The van der Waals surface area contributed by atoms with Gasteiger partial charge in [0.2, 0.25) is 0 Å². The van der Waals surface area contributed by atoms with E-state index >= 15 is 0 Å². The normalized spacial score (nSPS) is 12.5. The molecule has 0 spiro atoms. The third kappa shape index (κ3) is 3.36. The molecule has 0 aliphatic rings. The monoisotopic (exact) mass is 281 g/mol. The van der Waals surface area contributed by atoms with E-state index in [-0.39, 0.29) is 6.04 Å². The van der Waals surface area contributed by atoms with Gasteiger partial charge in [0.1, 0.15) is 0 Å². The maximum Gasteiger partial charge on any atom is 0.0582 e. The minimum Gasteiger partial charge on any atom is -0.307 e. The average Bonchev–Trinajstić information content (AvgIpc) is 2.43. The summed E-state index contributed by atoms with van der Waals surface area (Å²) in [7, 11) is 0. The SMILES string of the molecule is CCNC(c1cc(C)ccc1C)c1cc(C)c(C)cc1C. The highest BCUT2D eigenvalue weighted by atomic mass is 14.9. The first-order valence-electron chi connectivity index (χ1n) is 7.82. The highest BCUT2D eigenvalue weighted by Crippen LogP contribution is 2.29. The molecule has 1 unspecified atom stereocenters. The first-order chi connectivity index (χ1) is 9.93. The second-order valence-corrected chi connectivity index (χ2v) is 6.14. The number of hydrogen-bond acceptors (Lipinski definition) is 1. The zero-order chi connectivity index (χ0) is 15.6. The summed E-state index contributed by atoms with van der Waals surface area (Å²) in [4.78, 5) is 0. The fourth-order valence-electron chi connectivity index (χ4n) is 2.96. The summed E-state index contributed by atoms with van der Waals surface area (Å²) in [6, 6.07) is 11.7. The Kier molecular flexibility index (Phi) is 4.84. The van der Waals surface area contributed by atoms with Crippen LogP contribution >= 0.6 is 0 Å². The fourth-order valence-corrected chi connectivity index (χ4v) is 2.96. The lowest BCUT2D eigenvalue weighted by Crippen LogP contribution is -2.24. The fraction of sp³-hybridized carbons (Fsp3) is 0.400. The van der Waals surface area contributed by atoms with E-state index in [2.05, 4.69) is 77.2 Å². The van der Waals surface area contributed by atoms with Crippen molar-refractivity contribution in [2.45, 2.75) is 47.6 Å². The molecular formula is C20H27N.